The van der Waals surface area contributed by atoms with E-state index < -0.39 is 66.4 Å². The molecule has 25 heavy (non-hydrogen) atoms. The number of carbonyl (C=O) groups is 1. The highest BCUT2D eigenvalue weighted by molar-refractivity contribution is 9.10. The summed E-state index contributed by atoms with van der Waals surface area (Å²) >= 11 is 2.96. The molecule has 0 spiro atoms. The number of nitrogens with zero attached hydrogens (tertiary/aromatic N) is 1. The molecule has 1 atom stereocenters. The minimum atomic E-state index is -2.96. The van der Waals surface area contributed by atoms with E-state index in [1.54, 1.807) is 30.3 Å². The summed E-state index contributed by atoms with van der Waals surface area (Å²) in [5.74, 6) is -0.632. The van der Waals surface area contributed by atoms with Gasteiger partial charge in [-0.15, -0.1) is 0 Å². The number of aromatic nitrogens is 1. The van der Waals surface area contributed by atoms with Crippen molar-refractivity contribution < 1.29 is 26.4 Å². The van der Waals surface area contributed by atoms with Crippen molar-refractivity contribution in [3.05, 3.63) is 70.2 Å². The van der Waals surface area contributed by atoms with Gasteiger partial charge in [0, 0.05) is 20.6 Å². The molecule has 1 heterocycles. The van der Waals surface area contributed by atoms with Crippen molar-refractivity contribution in [3.63, 3.8) is 0 Å². The van der Waals surface area contributed by atoms with Crippen molar-refractivity contribution in [2.24, 2.45) is 0 Å². The Morgan fingerprint density at radius 3 is 2.88 bits per heavy atom. The van der Waals surface area contributed by atoms with Crippen LogP contribution in [0.25, 0.3) is 11.3 Å². The number of rotatable bonds is 5. The van der Waals surface area contributed by atoms with Crippen LogP contribution in [0, 0.1) is 6.85 Å². The van der Waals surface area contributed by atoms with Gasteiger partial charge in [0.2, 0.25) is 0 Å². The van der Waals surface area contributed by atoms with Crippen LogP contribution < -0.4 is 5.31 Å². The number of nitrogens with one attached hydrogen (secondary N) is 1. The zero-order chi connectivity index (χ0) is 25.4. The molecular formula is C19H17BrN2O3. The minimum Gasteiger partial charge on any atom is -0.449 e. The second-order valence-corrected chi connectivity index (χ2v) is 5.54. The van der Waals surface area contributed by atoms with Crippen LogP contribution in [0.2, 0.25) is 1.41 Å². The van der Waals surface area contributed by atoms with E-state index in [4.69, 9.17) is 21.6 Å². The third-order valence-electron chi connectivity index (χ3n) is 3.04. The van der Waals surface area contributed by atoms with Crippen molar-refractivity contribution in [1.29, 1.82) is 0 Å². The maximum atomic E-state index is 12.6. The zero-order valence-electron chi connectivity index (χ0n) is 21.7. The fourth-order valence-corrected chi connectivity index (χ4v) is 2.10. The maximum absolute atomic E-state index is 12.6. The highest BCUT2D eigenvalue weighted by atomic mass is 79.9. The average molecular weight is 410 g/mol. The van der Waals surface area contributed by atoms with Gasteiger partial charge >= 0.3 is 6.09 Å². The van der Waals surface area contributed by atoms with Crippen molar-refractivity contribution in [1.82, 2.24) is 5.16 Å². The minimum absolute atomic E-state index is 0.00783. The van der Waals surface area contributed by atoms with E-state index in [1.165, 1.54) is 0 Å². The summed E-state index contributed by atoms with van der Waals surface area (Å²) in [4.78, 5) is 12.6. The fourth-order valence-electron chi connectivity index (χ4n) is 1.90. The number of amides is 1. The van der Waals surface area contributed by atoms with Crippen molar-refractivity contribution in [2.45, 2.75) is 13.3 Å². The van der Waals surface area contributed by atoms with Gasteiger partial charge in [0.25, 0.3) is 0 Å². The van der Waals surface area contributed by atoms with Gasteiger partial charge in [-0.1, -0.05) is 51.4 Å². The normalized spacial score (nSPS) is 17.4. The maximum Gasteiger partial charge on any atom is 0.411 e. The number of carbonyl (C=O) groups excluding carboxylic acids is 1. The summed E-state index contributed by atoms with van der Waals surface area (Å²) in [5, 5.41) is 3.45. The van der Waals surface area contributed by atoms with Gasteiger partial charge in [-0.05, 0) is 36.6 Å². The summed E-state index contributed by atoms with van der Waals surface area (Å²) < 4.78 is 81.4. The first kappa shape index (κ1) is 9.20. The molecule has 1 amide bonds. The zero-order valence-corrected chi connectivity index (χ0v) is 14.3. The van der Waals surface area contributed by atoms with E-state index in [1.807, 2.05) is 0 Å². The second-order valence-electron chi connectivity index (χ2n) is 4.75. The first-order valence-corrected chi connectivity index (χ1v) is 7.86. The average Bonchev–Trinajstić information content (AvgIpc) is 3.21. The molecule has 3 rings (SSSR count). The van der Waals surface area contributed by atoms with Crippen molar-refractivity contribution >= 4 is 27.7 Å². The quantitative estimate of drug-likeness (QED) is 0.628. The number of aryl methyl sites for hydroxylation is 2. The van der Waals surface area contributed by atoms with E-state index in [9.17, 15) is 4.79 Å². The van der Waals surface area contributed by atoms with Crippen LogP contribution >= 0.6 is 15.9 Å². The smallest absolute Gasteiger partial charge is 0.411 e. The Kier molecular flexibility index (Phi) is 2.94. The molecule has 0 aliphatic carbocycles. The van der Waals surface area contributed by atoms with Gasteiger partial charge in [0.15, 0.2) is 7.17 Å². The SMILES string of the molecule is [2H]c1c([2H])c(-c2onc(C([2H])([2H])[2H])c2N([2H])C(=O)OC([2H])Cc2ccccc2)c([2H])c([2H])c1Br. The molecule has 1 N–H and O–H groups in total. The molecule has 0 aliphatic rings. The Morgan fingerprint density at radius 2 is 2.16 bits per heavy atom. The number of hydrogen-bond donors (Lipinski definition) is 1. The molecular weight excluding hydrogens is 384 g/mol. The van der Waals surface area contributed by atoms with Crippen LogP contribution in [-0.2, 0) is 11.2 Å². The number of hydrogen-bond acceptors (Lipinski definition) is 4. The Balaban J connectivity index is 2.04. The standard InChI is InChI=1S/C19H17BrN2O3/c1-13-17(18(25-22-13)15-7-9-16(20)10-8-15)21-19(23)24-12-11-14-5-3-2-4-6-14/h2-10H,11-12H2,1H3,(H,21,23)/i1D3,7D,8D,9D,10D,12D/hD. The number of halogens is 1. The van der Waals surface area contributed by atoms with Crippen molar-refractivity contribution in [2.75, 3.05) is 11.9 Å². The van der Waals surface area contributed by atoms with Crippen molar-refractivity contribution in [3.8, 4) is 11.3 Å². The number of ether oxygens (including phenoxy) is 1. The van der Waals surface area contributed by atoms with E-state index in [2.05, 4.69) is 21.1 Å². The van der Waals surface area contributed by atoms with E-state index in [-0.39, 0.29) is 16.2 Å². The lowest BCUT2D eigenvalue weighted by Gasteiger charge is -2.07. The van der Waals surface area contributed by atoms with Crippen LogP contribution in [0.15, 0.2) is 63.5 Å². The molecule has 1 unspecified atom stereocenters. The van der Waals surface area contributed by atoms with Crippen LogP contribution in [0.4, 0.5) is 10.5 Å². The molecule has 0 saturated carbocycles. The molecule has 3 aromatic rings. The number of benzene rings is 2. The summed E-state index contributed by atoms with van der Waals surface area (Å²) in [6, 6.07) is 6.51. The first-order chi connectivity index (χ1) is 15.8. The summed E-state index contributed by atoms with van der Waals surface area (Å²) in [6.45, 7) is -4.39. The van der Waals surface area contributed by atoms with E-state index in [0.29, 0.717) is 5.56 Å². The van der Waals surface area contributed by atoms with Gasteiger partial charge in [-0.3, -0.25) is 5.31 Å². The second kappa shape index (κ2) is 7.98. The lowest BCUT2D eigenvalue weighted by atomic mass is 10.1. The van der Waals surface area contributed by atoms with Gasteiger partial charge < -0.3 is 9.26 Å². The Labute approximate surface area is 166 Å². The van der Waals surface area contributed by atoms with Gasteiger partial charge in [0.05, 0.1) is 13.4 Å². The Morgan fingerprint density at radius 1 is 1.40 bits per heavy atom. The van der Waals surface area contributed by atoms with Gasteiger partial charge in [0.1, 0.15) is 11.4 Å². The van der Waals surface area contributed by atoms with E-state index in [0.717, 1.165) is 0 Å². The Bertz CT molecular complexity index is 1190. The summed E-state index contributed by atoms with van der Waals surface area (Å²) in [6.07, 6.45) is -1.41. The lowest BCUT2D eigenvalue weighted by Crippen LogP contribution is -2.16. The molecule has 2 aromatic carbocycles. The van der Waals surface area contributed by atoms with Crippen LogP contribution in [0.1, 0.15) is 22.2 Å². The van der Waals surface area contributed by atoms with Crippen LogP contribution in [-0.4, -0.2) is 17.8 Å². The van der Waals surface area contributed by atoms with E-state index >= 15 is 0 Å². The van der Waals surface area contributed by atoms with Crippen LogP contribution in [0.5, 0.6) is 0 Å². The molecule has 1 aromatic heterocycles. The molecule has 6 heteroatoms. The predicted molar refractivity (Wildman–Crippen MR) is 99.5 cm³/mol. The molecule has 0 saturated heterocycles. The summed E-state index contributed by atoms with van der Waals surface area (Å²) in [7, 11) is 0. The highest BCUT2D eigenvalue weighted by Gasteiger charge is 2.18. The third kappa shape index (κ3) is 4.48. The molecule has 0 bridgehead atoms. The molecule has 128 valence electrons. The predicted octanol–water partition coefficient (Wildman–Crippen LogP) is 5.20. The number of anilines is 1. The molecule has 0 fully saturated rings. The molecule has 0 aliphatic heterocycles. The lowest BCUT2D eigenvalue weighted by molar-refractivity contribution is 0.163. The Hall–Kier alpha value is -2.60. The fraction of sp³-hybridized carbons (Fsp3) is 0.158. The highest BCUT2D eigenvalue weighted by Crippen LogP contribution is 2.31. The molecule has 5 nitrogen and oxygen atoms in total. The largest absolute Gasteiger partial charge is 0.449 e. The topological polar surface area (TPSA) is 64.4 Å². The first-order valence-electron chi connectivity index (χ1n) is 11.6. The monoisotopic (exact) mass is 409 g/mol. The van der Waals surface area contributed by atoms with Gasteiger partial charge in [-0.2, -0.15) is 0 Å². The van der Waals surface area contributed by atoms with Gasteiger partial charge in [-0.25, -0.2) is 4.79 Å². The third-order valence-corrected chi connectivity index (χ3v) is 3.43. The summed E-state index contributed by atoms with van der Waals surface area (Å²) in [5.41, 5.74) is -1.36. The van der Waals surface area contributed by atoms with Crippen LogP contribution in [0.3, 0.4) is 0 Å². The molecule has 0 radical (unpaired) electrons.